The molecule has 0 bridgehead atoms. The van der Waals surface area contributed by atoms with Gasteiger partial charge in [0.25, 0.3) is 0 Å². The molecule has 0 fully saturated rings. The zero-order chi connectivity index (χ0) is 12.8. The first-order chi connectivity index (χ1) is 8.04. The van der Waals surface area contributed by atoms with Crippen molar-refractivity contribution in [2.75, 3.05) is 13.7 Å². The quantitative estimate of drug-likeness (QED) is 0.827. The van der Waals surface area contributed by atoms with Crippen molar-refractivity contribution in [3.05, 3.63) is 29.8 Å². The molecule has 3 heteroatoms. The van der Waals surface area contributed by atoms with Gasteiger partial charge in [0.05, 0.1) is 13.2 Å². The van der Waals surface area contributed by atoms with Crippen LogP contribution in [-0.4, -0.2) is 19.8 Å². The van der Waals surface area contributed by atoms with Crippen LogP contribution in [0.3, 0.4) is 0 Å². The van der Waals surface area contributed by atoms with Crippen LogP contribution in [0.15, 0.2) is 24.3 Å². The van der Waals surface area contributed by atoms with Crippen LogP contribution in [0.1, 0.15) is 32.4 Å². The third kappa shape index (κ3) is 4.36. The molecule has 2 atom stereocenters. The molecule has 0 radical (unpaired) electrons. The van der Waals surface area contributed by atoms with Crippen molar-refractivity contribution in [1.82, 2.24) is 0 Å². The molecule has 0 saturated heterocycles. The van der Waals surface area contributed by atoms with Crippen molar-refractivity contribution >= 4 is 0 Å². The molecular weight excluding hydrogens is 214 g/mol. The molecule has 3 nitrogen and oxygen atoms in total. The first kappa shape index (κ1) is 14.0. The summed E-state index contributed by atoms with van der Waals surface area (Å²) >= 11 is 0. The summed E-state index contributed by atoms with van der Waals surface area (Å²) in [6.07, 6.45) is -0.0525. The van der Waals surface area contributed by atoms with E-state index < -0.39 is 0 Å². The number of hydrogen-bond donors (Lipinski definition) is 1. The van der Waals surface area contributed by atoms with Crippen LogP contribution in [0.5, 0.6) is 5.75 Å². The molecule has 0 saturated carbocycles. The van der Waals surface area contributed by atoms with Crippen molar-refractivity contribution in [3.8, 4) is 5.75 Å². The Morgan fingerprint density at radius 1 is 1.12 bits per heavy atom. The van der Waals surface area contributed by atoms with Crippen LogP contribution in [0, 0.1) is 5.92 Å². The van der Waals surface area contributed by atoms with E-state index in [1.807, 2.05) is 31.2 Å². The normalized spacial score (nSPS) is 14.7. The monoisotopic (exact) mass is 237 g/mol. The molecule has 0 aliphatic heterocycles. The summed E-state index contributed by atoms with van der Waals surface area (Å²) in [6.45, 7) is 6.95. The third-order valence-corrected chi connectivity index (χ3v) is 2.53. The highest BCUT2D eigenvalue weighted by Crippen LogP contribution is 2.23. The Hall–Kier alpha value is -1.06. The lowest BCUT2D eigenvalue weighted by molar-refractivity contribution is 0.0221. The second kappa shape index (κ2) is 6.62. The van der Waals surface area contributed by atoms with Crippen LogP contribution >= 0.6 is 0 Å². The number of hydrogen-bond acceptors (Lipinski definition) is 3. The Morgan fingerprint density at radius 2 is 1.71 bits per heavy atom. The third-order valence-electron chi connectivity index (χ3n) is 2.53. The fourth-order valence-electron chi connectivity index (χ4n) is 1.64. The van der Waals surface area contributed by atoms with Crippen LogP contribution in [0.25, 0.3) is 0 Å². The van der Waals surface area contributed by atoms with E-state index >= 15 is 0 Å². The molecule has 2 unspecified atom stereocenters. The minimum Gasteiger partial charge on any atom is -0.497 e. The number of rotatable bonds is 6. The molecule has 17 heavy (non-hydrogen) atoms. The molecule has 1 aromatic rings. The van der Waals surface area contributed by atoms with Gasteiger partial charge in [-0.3, -0.25) is 0 Å². The molecule has 0 aliphatic rings. The maximum atomic E-state index is 5.97. The van der Waals surface area contributed by atoms with E-state index in [0.717, 1.165) is 17.9 Å². The van der Waals surface area contributed by atoms with Gasteiger partial charge in [0, 0.05) is 12.6 Å². The zero-order valence-corrected chi connectivity index (χ0v) is 11.1. The molecule has 0 spiro atoms. The summed E-state index contributed by atoms with van der Waals surface area (Å²) in [6, 6.07) is 7.86. The summed E-state index contributed by atoms with van der Waals surface area (Å²) in [5.74, 6) is 1.36. The highest BCUT2D eigenvalue weighted by Gasteiger charge is 2.17. The maximum absolute atomic E-state index is 5.97. The predicted octanol–water partition coefficient (Wildman–Crippen LogP) is 2.76. The summed E-state index contributed by atoms with van der Waals surface area (Å²) in [4.78, 5) is 0. The summed E-state index contributed by atoms with van der Waals surface area (Å²) < 4.78 is 11.0. The van der Waals surface area contributed by atoms with Gasteiger partial charge in [0.2, 0.25) is 0 Å². The smallest absolute Gasteiger partial charge is 0.118 e. The Kier molecular flexibility index (Phi) is 5.45. The van der Waals surface area contributed by atoms with Gasteiger partial charge < -0.3 is 15.2 Å². The number of methoxy groups -OCH3 is 1. The van der Waals surface area contributed by atoms with E-state index in [-0.39, 0.29) is 12.1 Å². The zero-order valence-electron chi connectivity index (χ0n) is 11.1. The second-order valence-electron chi connectivity index (χ2n) is 4.78. The van der Waals surface area contributed by atoms with Gasteiger partial charge in [-0.1, -0.05) is 26.0 Å². The van der Waals surface area contributed by atoms with Gasteiger partial charge in [-0.25, -0.2) is 0 Å². The molecular formula is C14H23NO2. The molecule has 0 amide bonds. The Bertz CT molecular complexity index is 319. The van der Waals surface area contributed by atoms with E-state index in [2.05, 4.69) is 13.8 Å². The van der Waals surface area contributed by atoms with E-state index in [9.17, 15) is 0 Å². The highest BCUT2D eigenvalue weighted by atomic mass is 16.5. The fraction of sp³-hybridized carbons (Fsp3) is 0.571. The standard InChI is InChI=1S/C14H23NO2/c1-10(2)9-17-14(11(3)15)12-5-7-13(16-4)8-6-12/h5-8,10-11,14H,9,15H2,1-4H3. The summed E-state index contributed by atoms with van der Waals surface area (Å²) in [5, 5.41) is 0. The predicted molar refractivity (Wildman–Crippen MR) is 70.2 cm³/mol. The van der Waals surface area contributed by atoms with Crippen molar-refractivity contribution in [3.63, 3.8) is 0 Å². The second-order valence-corrected chi connectivity index (χ2v) is 4.78. The number of ether oxygens (including phenoxy) is 2. The molecule has 2 N–H and O–H groups in total. The Morgan fingerprint density at radius 3 is 2.12 bits per heavy atom. The van der Waals surface area contributed by atoms with Crippen molar-refractivity contribution in [1.29, 1.82) is 0 Å². The average Bonchev–Trinajstić information content (AvgIpc) is 2.29. The van der Waals surface area contributed by atoms with E-state index in [1.54, 1.807) is 7.11 Å². The van der Waals surface area contributed by atoms with Crippen molar-refractivity contribution in [2.24, 2.45) is 11.7 Å². The van der Waals surface area contributed by atoms with Gasteiger partial charge in [-0.15, -0.1) is 0 Å². The van der Waals surface area contributed by atoms with Crippen LogP contribution in [-0.2, 0) is 4.74 Å². The van der Waals surface area contributed by atoms with E-state index in [0.29, 0.717) is 5.92 Å². The minimum atomic E-state index is -0.0525. The topological polar surface area (TPSA) is 44.5 Å². The summed E-state index contributed by atoms with van der Waals surface area (Å²) in [7, 11) is 1.66. The molecule has 1 rings (SSSR count). The van der Waals surface area contributed by atoms with E-state index in [1.165, 1.54) is 0 Å². The van der Waals surface area contributed by atoms with Gasteiger partial charge in [0.15, 0.2) is 0 Å². The first-order valence-corrected chi connectivity index (χ1v) is 6.05. The minimum absolute atomic E-state index is 0.0258. The lowest BCUT2D eigenvalue weighted by atomic mass is 10.0. The van der Waals surface area contributed by atoms with Crippen LogP contribution in [0.4, 0.5) is 0 Å². The lowest BCUT2D eigenvalue weighted by Gasteiger charge is -2.23. The van der Waals surface area contributed by atoms with Crippen LogP contribution < -0.4 is 10.5 Å². The molecule has 96 valence electrons. The Balaban J connectivity index is 2.74. The first-order valence-electron chi connectivity index (χ1n) is 6.05. The molecule has 0 aliphatic carbocycles. The van der Waals surface area contributed by atoms with Crippen molar-refractivity contribution < 1.29 is 9.47 Å². The van der Waals surface area contributed by atoms with Gasteiger partial charge in [-0.2, -0.15) is 0 Å². The molecule has 1 aromatic carbocycles. The van der Waals surface area contributed by atoms with Crippen LogP contribution in [0.2, 0.25) is 0 Å². The summed E-state index contributed by atoms with van der Waals surface area (Å²) in [5.41, 5.74) is 7.07. The Labute approximate surface area is 104 Å². The average molecular weight is 237 g/mol. The number of nitrogens with two attached hydrogens (primary N) is 1. The van der Waals surface area contributed by atoms with Gasteiger partial charge in [0.1, 0.15) is 5.75 Å². The SMILES string of the molecule is COc1ccc(C(OCC(C)C)C(C)N)cc1. The largest absolute Gasteiger partial charge is 0.497 e. The van der Waals surface area contributed by atoms with Gasteiger partial charge >= 0.3 is 0 Å². The number of benzene rings is 1. The van der Waals surface area contributed by atoms with E-state index in [4.69, 9.17) is 15.2 Å². The fourth-order valence-corrected chi connectivity index (χ4v) is 1.64. The van der Waals surface area contributed by atoms with Gasteiger partial charge in [-0.05, 0) is 30.5 Å². The maximum Gasteiger partial charge on any atom is 0.118 e. The lowest BCUT2D eigenvalue weighted by Crippen LogP contribution is -2.28. The molecule has 0 heterocycles. The highest BCUT2D eigenvalue weighted by molar-refractivity contribution is 5.29. The molecule has 0 aromatic heterocycles. The van der Waals surface area contributed by atoms with Crippen molar-refractivity contribution in [2.45, 2.75) is 32.9 Å².